The molecule has 0 saturated carbocycles. The van der Waals surface area contributed by atoms with Gasteiger partial charge in [-0.05, 0) is 42.9 Å². The Morgan fingerprint density at radius 3 is 1.92 bits per heavy atom. The molecule has 0 fully saturated rings. The van der Waals surface area contributed by atoms with E-state index in [9.17, 15) is 9.59 Å². The van der Waals surface area contributed by atoms with Crippen LogP contribution >= 0.6 is 0 Å². The molecule has 0 radical (unpaired) electrons. The molecule has 0 amide bonds. The van der Waals surface area contributed by atoms with Crippen LogP contribution in [0.4, 0.5) is 0 Å². The lowest BCUT2D eigenvalue weighted by Crippen LogP contribution is -2.07. The fraction of sp³-hybridized carbons (Fsp3) is 0.636. The minimum atomic E-state index is -0.166. The maximum Gasteiger partial charge on any atom is 0.311 e. The number of hydrogen-bond acceptors (Lipinski definition) is 4. The minimum Gasteiger partial charge on any atom is -0.466 e. The molecule has 4 nitrogen and oxygen atoms in total. The summed E-state index contributed by atoms with van der Waals surface area (Å²) in [7, 11) is 0. The summed E-state index contributed by atoms with van der Waals surface area (Å²) in [5.41, 5.74) is 1.24. The van der Waals surface area contributed by atoms with Crippen molar-refractivity contribution in [2.45, 2.75) is 84.5 Å². The largest absolute Gasteiger partial charge is 0.466 e. The zero-order valence-electron chi connectivity index (χ0n) is 16.6. The lowest BCUT2D eigenvalue weighted by Gasteiger charge is -2.07. The highest BCUT2D eigenvalue weighted by molar-refractivity contribution is 5.72. The Morgan fingerprint density at radius 2 is 1.38 bits per heavy atom. The smallest absolute Gasteiger partial charge is 0.311 e. The second-order valence-electron chi connectivity index (χ2n) is 7.04. The minimum absolute atomic E-state index is 0.0870. The number of esters is 2. The number of carbonyl (C=O) groups is 2. The van der Waals surface area contributed by atoms with Gasteiger partial charge in [-0.15, -0.1) is 0 Å². The highest BCUT2D eigenvalue weighted by Gasteiger charge is 2.06. The predicted octanol–water partition coefficient (Wildman–Crippen LogP) is 5.79. The average Bonchev–Trinajstić information content (AvgIpc) is 2.62. The first-order valence-electron chi connectivity index (χ1n) is 9.99. The monoisotopic (exact) mass is 362 g/mol. The number of unbranched alkanes of at least 4 members (excludes halogenated alkanes) is 5. The van der Waals surface area contributed by atoms with Gasteiger partial charge in [0.2, 0.25) is 0 Å². The van der Waals surface area contributed by atoms with E-state index in [0.29, 0.717) is 31.1 Å². The Kier molecular flexibility index (Phi) is 11.4. The molecule has 0 N–H and O–H groups in total. The van der Waals surface area contributed by atoms with Crippen LogP contribution in [0.2, 0.25) is 0 Å². The molecule has 1 rings (SSSR count). The summed E-state index contributed by atoms with van der Waals surface area (Å²) in [5.74, 6) is 0.841. The molecule has 0 saturated heterocycles. The van der Waals surface area contributed by atoms with Crippen LogP contribution in [-0.4, -0.2) is 18.5 Å². The molecule has 0 aliphatic carbocycles. The van der Waals surface area contributed by atoms with Crippen molar-refractivity contribution in [2.75, 3.05) is 6.61 Å². The summed E-state index contributed by atoms with van der Waals surface area (Å²) >= 11 is 0. The van der Waals surface area contributed by atoms with Crippen LogP contribution in [0.15, 0.2) is 24.3 Å². The van der Waals surface area contributed by atoms with E-state index in [1.54, 1.807) is 0 Å². The van der Waals surface area contributed by atoms with E-state index in [0.717, 1.165) is 44.9 Å². The van der Waals surface area contributed by atoms with Gasteiger partial charge in [0.05, 0.1) is 6.61 Å². The molecular formula is C22H34O4. The zero-order chi connectivity index (χ0) is 19.2. The van der Waals surface area contributed by atoms with Gasteiger partial charge < -0.3 is 9.47 Å². The molecule has 0 spiro atoms. The van der Waals surface area contributed by atoms with Crippen molar-refractivity contribution in [3.05, 3.63) is 29.8 Å². The summed E-state index contributed by atoms with van der Waals surface area (Å²) in [5, 5.41) is 0. The molecule has 0 aromatic heterocycles. The molecule has 0 bridgehead atoms. The third kappa shape index (κ3) is 10.2. The first-order valence-corrected chi connectivity index (χ1v) is 9.99. The number of carbonyl (C=O) groups excluding carboxylic acids is 2. The molecule has 0 aliphatic rings. The summed E-state index contributed by atoms with van der Waals surface area (Å²) in [6.45, 7) is 6.79. The zero-order valence-corrected chi connectivity index (χ0v) is 16.6. The molecule has 0 atom stereocenters. The van der Waals surface area contributed by atoms with Crippen molar-refractivity contribution < 1.29 is 19.1 Å². The van der Waals surface area contributed by atoms with Crippen molar-refractivity contribution in [3.63, 3.8) is 0 Å². The van der Waals surface area contributed by atoms with Crippen molar-refractivity contribution >= 4 is 11.9 Å². The summed E-state index contributed by atoms with van der Waals surface area (Å²) in [6, 6.07) is 7.73. The van der Waals surface area contributed by atoms with Crippen LogP contribution < -0.4 is 4.74 Å². The molecule has 146 valence electrons. The Labute approximate surface area is 158 Å². The van der Waals surface area contributed by atoms with Crippen LogP contribution in [0, 0.1) is 0 Å². The van der Waals surface area contributed by atoms with Gasteiger partial charge in [-0.2, -0.15) is 0 Å². The highest BCUT2D eigenvalue weighted by atomic mass is 16.5. The van der Waals surface area contributed by atoms with E-state index in [2.05, 4.69) is 13.8 Å². The van der Waals surface area contributed by atoms with Gasteiger partial charge in [0.15, 0.2) is 0 Å². The normalized spacial score (nSPS) is 10.8. The third-order valence-corrected chi connectivity index (χ3v) is 4.26. The van der Waals surface area contributed by atoms with Gasteiger partial charge in [-0.25, -0.2) is 0 Å². The fourth-order valence-corrected chi connectivity index (χ4v) is 2.64. The van der Waals surface area contributed by atoms with E-state index in [4.69, 9.17) is 9.47 Å². The molecular weight excluding hydrogens is 328 g/mol. The van der Waals surface area contributed by atoms with Crippen LogP contribution in [0.5, 0.6) is 5.75 Å². The van der Waals surface area contributed by atoms with Crippen molar-refractivity contribution in [3.8, 4) is 5.75 Å². The lowest BCUT2D eigenvalue weighted by atomic mass is 10.0. The number of hydrogen-bond donors (Lipinski definition) is 0. The Balaban J connectivity index is 2.02. The Bertz CT molecular complexity index is 519. The van der Waals surface area contributed by atoms with E-state index < -0.39 is 0 Å². The first-order chi connectivity index (χ1) is 12.5. The molecule has 0 heterocycles. The second kappa shape index (κ2) is 13.4. The van der Waals surface area contributed by atoms with Gasteiger partial charge in [0, 0.05) is 12.8 Å². The first kappa shape index (κ1) is 22.2. The van der Waals surface area contributed by atoms with Crippen molar-refractivity contribution in [1.82, 2.24) is 0 Å². The number of ether oxygens (including phenoxy) is 2. The number of benzene rings is 1. The molecule has 1 aromatic rings. The molecule has 26 heavy (non-hydrogen) atoms. The maximum absolute atomic E-state index is 11.9. The summed E-state index contributed by atoms with van der Waals surface area (Å²) < 4.78 is 10.4. The van der Waals surface area contributed by atoms with E-state index >= 15 is 0 Å². The summed E-state index contributed by atoms with van der Waals surface area (Å²) in [4.78, 5) is 23.2. The maximum atomic E-state index is 11.9. The van der Waals surface area contributed by atoms with Crippen molar-refractivity contribution in [2.24, 2.45) is 0 Å². The van der Waals surface area contributed by atoms with Crippen LogP contribution in [0.3, 0.4) is 0 Å². The Morgan fingerprint density at radius 1 is 0.846 bits per heavy atom. The topological polar surface area (TPSA) is 52.6 Å². The standard InChI is InChI=1S/C22H34O4/c1-4-17-25-21(23)11-9-7-5-6-8-10-12-22(24)26-20-15-13-19(14-16-20)18(2)3/h13-16,18H,4-12,17H2,1-3H3. The fourth-order valence-electron chi connectivity index (χ4n) is 2.64. The quantitative estimate of drug-likeness (QED) is 0.253. The van der Waals surface area contributed by atoms with Crippen molar-refractivity contribution in [1.29, 1.82) is 0 Å². The van der Waals surface area contributed by atoms with Crippen LogP contribution in [0.25, 0.3) is 0 Å². The molecule has 0 aliphatic heterocycles. The van der Waals surface area contributed by atoms with E-state index in [-0.39, 0.29) is 11.9 Å². The second-order valence-corrected chi connectivity index (χ2v) is 7.04. The molecule has 4 heteroatoms. The SMILES string of the molecule is CCCOC(=O)CCCCCCCCC(=O)Oc1ccc(C(C)C)cc1. The third-order valence-electron chi connectivity index (χ3n) is 4.26. The molecule has 0 unspecified atom stereocenters. The number of rotatable bonds is 13. The predicted molar refractivity (Wildman–Crippen MR) is 104 cm³/mol. The van der Waals surface area contributed by atoms with Crippen LogP contribution in [-0.2, 0) is 14.3 Å². The Hall–Kier alpha value is -1.84. The van der Waals surface area contributed by atoms with E-state index in [1.165, 1.54) is 5.56 Å². The lowest BCUT2D eigenvalue weighted by molar-refractivity contribution is -0.143. The van der Waals surface area contributed by atoms with Gasteiger partial charge in [0.25, 0.3) is 0 Å². The highest BCUT2D eigenvalue weighted by Crippen LogP contribution is 2.19. The summed E-state index contributed by atoms with van der Waals surface area (Å²) in [6.07, 6.45) is 7.80. The average molecular weight is 363 g/mol. The van der Waals surface area contributed by atoms with Gasteiger partial charge in [0.1, 0.15) is 5.75 Å². The van der Waals surface area contributed by atoms with E-state index in [1.807, 2.05) is 31.2 Å². The van der Waals surface area contributed by atoms with Crippen LogP contribution in [0.1, 0.15) is 90.0 Å². The van der Waals surface area contributed by atoms with Gasteiger partial charge in [-0.3, -0.25) is 9.59 Å². The van der Waals surface area contributed by atoms with Gasteiger partial charge >= 0.3 is 11.9 Å². The van der Waals surface area contributed by atoms with Gasteiger partial charge in [-0.1, -0.05) is 58.6 Å². The molecule has 1 aromatic carbocycles.